The highest BCUT2D eigenvalue weighted by Gasteiger charge is 2.13. The van der Waals surface area contributed by atoms with Gasteiger partial charge in [-0.1, -0.05) is 6.08 Å². The summed E-state index contributed by atoms with van der Waals surface area (Å²) in [6.07, 6.45) is 0.130. The molecule has 0 heterocycles. The summed E-state index contributed by atoms with van der Waals surface area (Å²) in [5.41, 5.74) is 0. The fourth-order valence-corrected chi connectivity index (χ4v) is 0.393. The van der Waals surface area contributed by atoms with Crippen molar-refractivity contribution in [3.8, 4) is 0 Å². The van der Waals surface area contributed by atoms with Crippen molar-refractivity contribution < 1.29 is 39.0 Å². The SMILES string of the molecule is CC=CC(=O)OC(O)C(C)O.O=P(O)(O)O. The van der Waals surface area contributed by atoms with Crippen LogP contribution in [-0.2, 0) is 14.1 Å². The number of phosphoric acid groups is 1. The smallest absolute Gasteiger partial charge is 0.430 e. The van der Waals surface area contributed by atoms with Crippen LogP contribution < -0.4 is 0 Å². The van der Waals surface area contributed by atoms with E-state index in [0.717, 1.165) is 6.08 Å². The first-order chi connectivity index (χ1) is 7.07. The third-order valence-electron chi connectivity index (χ3n) is 0.952. The van der Waals surface area contributed by atoms with Gasteiger partial charge in [0.25, 0.3) is 0 Å². The Bertz CT molecular complexity index is 259. The number of esters is 1. The lowest BCUT2D eigenvalue weighted by atomic mass is 10.4. The lowest BCUT2D eigenvalue weighted by molar-refractivity contribution is -0.178. The van der Waals surface area contributed by atoms with Crippen molar-refractivity contribution in [1.82, 2.24) is 0 Å². The lowest BCUT2D eigenvalue weighted by Gasteiger charge is -2.12. The van der Waals surface area contributed by atoms with E-state index in [2.05, 4.69) is 4.74 Å². The molecule has 0 rings (SSSR count). The van der Waals surface area contributed by atoms with E-state index < -0.39 is 26.2 Å². The third-order valence-corrected chi connectivity index (χ3v) is 0.952. The molecule has 0 aromatic carbocycles. The first-order valence-corrected chi connectivity index (χ1v) is 5.62. The Hall–Kier alpha value is -0.760. The second-order valence-electron chi connectivity index (χ2n) is 2.58. The largest absolute Gasteiger partial charge is 0.466 e. The Morgan fingerprint density at radius 2 is 1.69 bits per heavy atom. The van der Waals surface area contributed by atoms with E-state index in [9.17, 15) is 4.79 Å². The molecular weight excluding hydrogens is 243 g/mol. The summed E-state index contributed by atoms with van der Waals surface area (Å²) in [7, 11) is -4.64. The molecule has 5 N–H and O–H groups in total. The maximum atomic E-state index is 10.6. The van der Waals surface area contributed by atoms with E-state index in [1.165, 1.54) is 13.0 Å². The minimum absolute atomic E-state index is 0.666. The molecule has 0 saturated heterocycles. The third kappa shape index (κ3) is 18.9. The Balaban J connectivity index is 0. The van der Waals surface area contributed by atoms with E-state index in [4.69, 9.17) is 29.5 Å². The van der Waals surface area contributed by atoms with Crippen LogP contribution in [0.4, 0.5) is 0 Å². The van der Waals surface area contributed by atoms with Crippen molar-refractivity contribution in [2.24, 2.45) is 0 Å². The monoisotopic (exact) mass is 258 g/mol. The summed E-state index contributed by atoms with van der Waals surface area (Å²) in [5.74, 6) is -0.666. The summed E-state index contributed by atoms with van der Waals surface area (Å²) in [4.78, 5) is 32.1. The molecular formula is C7H15O8P. The van der Waals surface area contributed by atoms with Crippen molar-refractivity contribution in [2.75, 3.05) is 0 Å². The highest BCUT2D eigenvalue weighted by molar-refractivity contribution is 7.45. The van der Waals surface area contributed by atoms with Gasteiger partial charge in [-0.3, -0.25) is 0 Å². The predicted octanol–water partition coefficient (Wildman–Crippen LogP) is -1.12. The normalized spacial score (nSPS) is 14.9. The van der Waals surface area contributed by atoms with Crippen LogP contribution in [0.2, 0.25) is 0 Å². The number of hydrogen-bond acceptors (Lipinski definition) is 5. The summed E-state index contributed by atoms with van der Waals surface area (Å²) in [6, 6.07) is 0. The van der Waals surface area contributed by atoms with E-state index in [1.54, 1.807) is 6.92 Å². The zero-order valence-electron chi connectivity index (χ0n) is 8.72. The first kappa shape index (κ1) is 17.6. The molecule has 0 aromatic heterocycles. The van der Waals surface area contributed by atoms with Crippen LogP contribution in [0.1, 0.15) is 13.8 Å². The fourth-order valence-electron chi connectivity index (χ4n) is 0.393. The number of aliphatic hydroxyl groups excluding tert-OH is 2. The molecule has 0 aliphatic rings. The molecule has 0 radical (unpaired) electrons. The average Bonchev–Trinajstić information content (AvgIpc) is 2.00. The summed E-state index contributed by atoms with van der Waals surface area (Å²) >= 11 is 0. The molecule has 0 aromatic rings. The molecule has 0 aliphatic heterocycles. The van der Waals surface area contributed by atoms with E-state index in [-0.39, 0.29) is 0 Å². The topological polar surface area (TPSA) is 145 Å². The second-order valence-corrected chi connectivity index (χ2v) is 3.61. The van der Waals surface area contributed by atoms with Crippen LogP contribution in [-0.4, -0.2) is 43.3 Å². The summed E-state index contributed by atoms with van der Waals surface area (Å²) in [6.45, 7) is 2.98. The first-order valence-electron chi connectivity index (χ1n) is 4.05. The maximum Gasteiger partial charge on any atom is 0.466 e. The van der Waals surface area contributed by atoms with E-state index in [1.807, 2.05) is 0 Å². The van der Waals surface area contributed by atoms with Gasteiger partial charge in [-0.2, -0.15) is 0 Å². The number of rotatable bonds is 3. The van der Waals surface area contributed by atoms with Crippen molar-refractivity contribution in [1.29, 1.82) is 0 Å². The van der Waals surface area contributed by atoms with E-state index >= 15 is 0 Å². The van der Waals surface area contributed by atoms with Gasteiger partial charge in [0.2, 0.25) is 6.29 Å². The summed E-state index contributed by atoms with van der Waals surface area (Å²) in [5, 5.41) is 17.5. The predicted molar refractivity (Wildman–Crippen MR) is 52.9 cm³/mol. The molecule has 0 saturated carbocycles. The molecule has 2 unspecified atom stereocenters. The Morgan fingerprint density at radius 3 is 1.94 bits per heavy atom. The molecule has 96 valence electrons. The van der Waals surface area contributed by atoms with Gasteiger partial charge in [0.05, 0.1) is 0 Å². The molecule has 0 aliphatic carbocycles. The van der Waals surface area contributed by atoms with Crippen molar-refractivity contribution in [3.05, 3.63) is 12.2 Å². The molecule has 0 amide bonds. The van der Waals surface area contributed by atoms with Crippen LogP contribution in [0.25, 0.3) is 0 Å². The highest BCUT2D eigenvalue weighted by Crippen LogP contribution is 2.25. The Labute approximate surface area is 92.0 Å². The molecule has 2 atom stereocenters. The van der Waals surface area contributed by atoms with Gasteiger partial charge in [0.1, 0.15) is 6.10 Å². The van der Waals surface area contributed by atoms with Gasteiger partial charge in [0, 0.05) is 6.08 Å². The molecule has 0 spiro atoms. The van der Waals surface area contributed by atoms with Crippen molar-refractivity contribution in [3.63, 3.8) is 0 Å². The molecule has 16 heavy (non-hydrogen) atoms. The molecule has 0 bridgehead atoms. The van der Waals surface area contributed by atoms with Gasteiger partial charge < -0.3 is 29.6 Å². The van der Waals surface area contributed by atoms with Gasteiger partial charge >= 0.3 is 13.8 Å². The minimum Gasteiger partial charge on any atom is -0.430 e. The van der Waals surface area contributed by atoms with Gasteiger partial charge in [-0.15, -0.1) is 0 Å². The fraction of sp³-hybridized carbons (Fsp3) is 0.571. The van der Waals surface area contributed by atoms with Crippen molar-refractivity contribution in [2.45, 2.75) is 26.2 Å². The minimum atomic E-state index is -4.64. The summed E-state index contributed by atoms with van der Waals surface area (Å²) < 4.78 is 13.2. The van der Waals surface area contributed by atoms with E-state index in [0.29, 0.717) is 0 Å². The molecule has 0 fully saturated rings. The number of ether oxygens (including phenoxy) is 1. The molecule has 9 heteroatoms. The Kier molecular flexibility index (Phi) is 9.25. The number of hydrogen-bond donors (Lipinski definition) is 5. The van der Waals surface area contributed by atoms with Gasteiger partial charge in [-0.05, 0) is 13.8 Å². The van der Waals surface area contributed by atoms with Crippen molar-refractivity contribution >= 4 is 13.8 Å². The zero-order valence-corrected chi connectivity index (χ0v) is 9.61. The van der Waals surface area contributed by atoms with Crippen LogP contribution in [0.15, 0.2) is 12.2 Å². The van der Waals surface area contributed by atoms with Gasteiger partial charge in [0.15, 0.2) is 0 Å². The highest BCUT2D eigenvalue weighted by atomic mass is 31.2. The number of allylic oxidation sites excluding steroid dienone is 1. The maximum absolute atomic E-state index is 10.6. The lowest BCUT2D eigenvalue weighted by Crippen LogP contribution is -2.27. The number of carbonyl (C=O) groups is 1. The zero-order chi connectivity index (χ0) is 13.4. The molecule has 8 nitrogen and oxygen atoms in total. The standard InChI is InChI=1S/C7H12O4.H3O4P/c1-3-4-6(9)11-7(10)5(2)8;1-5(2,3)4/h3-5,7-8,10H,1-2H3;(H3,1,2,3,4). The quantitative estimate of drug-likeness (QED) is 0.185. The van der Waals surface area contributed by atoms with Crippen LogP contribution in [0, 0.1) is 0 Å². The van der Waals surface area contributed by atoms with Crippen LogP contribution in [0.5, 0.6) is 0 Å². The average molecular weight is 258 g/mol. The number of aliphatic hydroxyl groups is 2. The Morgan fingerprint density at radius 1 is 1.31 bits per heavy atom. The van der Waals surface area contributed by atoms with Crippen LogP contribution >= 0.6 is 7.82 Å². The van der Waals surface area contributed by atoms with Crippen LogP contribution in [0.3, 0.4) is 0 Å². The van der Waals surface area contributed by atoms with Gasteiger partial charge in [-0.25, -0.2) is 9.36 Å². The second kappa shape index (κ2) is 8.40. The number of carbonyl (C=O) groups excluding carboxylic acids is 1.